The Morgan fingerprint density at radius 3 is 2.62 bits per heavy atom. The molecule has 0 saturated carbocycles. The van der Waals surface area contributed by atoms with Gasteiger partial charge in [0.1, 0.15) is 0 Å². The predicted octanol–water partition coefficient (Wildman–Crippen LogP) is 3.30. The van der Waals surface area contributed by atoms with Crippen LogP contribution in [0.2, 0.25) is 10.0 Å². The van der Waals surface area contributed by atoms with Crippen molar-refractivity contribution in [3.05, 3.63) is 57.8 Å². The van der Waals surface area contributed by atoms with Crippen molar-refractivity contribution >= 4 is 23.2 Å². The number of hydrogen-bond acceptors (Lipinski definition) is 1. The molecule has 2 N–H and O–H groups in total. The minimum absolute atomic E-state index is 0.536. The van der Waals surface area contributed by atoms with E-state index in [1.54, 1.807) is 0 Å². The molecule has 0 atom stereocenters. The van der Waals surface area contributed by atoms with Crippen LogP contribution >= 0.6 is 23.2 Å². The van der Waals surface area contributed by atoms with Crippen LogP contribution in [0, 0.1) is 0 Å². The zero-order chi connectivity index (χ0) is 11.5. The van der Waals surface area contributed by atoms with Crippen LogP contribution in [0.25, 0.3) is 0 Å². The maximum Gasteiger partial charge on any atom is 0.0595 e. The number of nitrogens with two attached hydrogens (primary N) is 1. The molecular formula is C12H12Cl2N2. The molecule has 0 radical (unpaired) electrons. The third kappa shape index (κ3) is 2.40. The Hall–Kier alpha value is -0.960. The number of halogens is 2. The molecule has 2 nitrogen and oxygen atoms in total. The van der Waals surface area contributed by atoms with E-state index >= 15 is 0 Å². The monoisotopic (exact) mass is 254 g/mol. The van der Waals surface area contributed by atoms with Gasteiger partial charge in [0.15, 0.2) is 0 Å². The molecule has 84 valence electrons. The molecule has 0 bridgehead atoms. The number of hydrogen-bond donors (Lipinski definition) is 1. The van der Waals surface area contributed by atoms with E-state index in [1.165, 1.54) is 0 Å². The molecule has 1 heterocycles. The molecule has 0 aliphatic carbocycles. The molecule has 0 saturated heterocycles. The summed E-state index contributed by atoms with van der Waals surface area (Å²) in [6, 6.07) is 9.65. The van der Waals surface area contributed by atoms with Gasteiger partial charge in [-0.25, -0.2) is 0 Å². The number of aromatic nitrogens is 1. The lowest BCUT2D eigenvalue weighted by Crippen LogP contribution is -2.07. The predicted molar refractivity (Wildman–Crippen MR) is 67.9 cm³/mol. The number of benzene rings is 1. The summed E-state index contributed by atoms with van der Waals surface area (Å²) in [5.41, 5.74) is 7.85. The first-order chi connectivity index (χ1) is 7.70. The second-order valence-corrected chi connectivity index (χ2v) is 4.39. The van der Waals surface area contributed by atoms with Crippen molar-refractivity contribution < 1.29 is 0 Å². The van der Waals surface area contributed by atoms with Gasteiger partial charge in [-0.3, -0.25) is 0 Å². The van der Waals surface area contributed by atoms with Crippen molar-refractivity contribution in [2.75, 3.05) is 0 Å². The lowest BCUT2D eigenvalue weighted by atomic mass is 10.2. The molecule has 4 heteroatoms. The maximum absolute atomic E-state index is 5.96. The quantitative estimate of drug-likeness (QED) is 0.896. The van der Waals surface area contributed by atoms with Crippen LogP contribution in [-0.4, -0.2) is 4.57 Å². The Morgan fingerprint density at radius 1 is 1.12 bits per heavy atom. The van der Waals surface area contributed by atoms with Crippen LogP contribution in [0.3, 0.4) is 0 Å². The van der Waals surface area contributed by atoms with Crippen LogP contribution in [0.1, 0.15) is 11.3 Å². The lowest BCUT2D eigenvalue weighted by molar-refractivity contribution is 0.744. The Kier molecular flexibility index (Phi) is 3.54. The molecule has 0 spiro atoms. The summed E-state index contributed by atoms with van der Waals surface area (Å²) in [6.07, 6.45) is 2.00. The minimum atomic E-state index is 0.536. The molecule has 0 unspecified atom stereocenters. The number of rotatable bonds is 3. The van der Waals surface area contributed by atoms with Crippen molar-refractivity contribution in [2.24, 2.45) is 5.73 Å². The molecule has 2 aromatic rings. The van der Waals surface area contributed by atoms with Crippen molar-refractivity contribution in [2.45, 2.75) is 13.1 Å². The van der Waals surface area contributed by atoms with Gasteiger partial charge in [0.2, 0.25) is 0 Å². The first-order valence-electron chi connectivity index (χ1n) is 4.98. The average molecular weight is 255 g/mol. The van der Waals surface area contributed by atoms with E-state index in [0.717, 1.165) is 17.8 Å². The van der Waals surface area contributed by atoms with Crippen LogP contribution < -0.4 is 5.73 Å². The molecule has 0 amide bonds. The van der Waals surface area contributed by atoms with Gasteiger partial charge in [-0.1, -0.05) is 29.3 Å². The van der Waals surface area contributed by atoms with E-state index in [1.807, 2.05) is 36.5 Å². The first kappa shape index (κ1) is 11.5. The highest BCUT2D eigenvalue weighted by Gasteiger charge is 2.02. The maximum atomic E-state index is 5.96. The molecule has 1 aromatic carbocycles. The summed E-state index contributed by atoms with van der Waals surface area (Å²) in [5.74, 6) is 0. The lowest BCUT2D eigenvalue weighted by Gasteiger charge is -2.08. The molecule has 1 aromatic heterocycles. The van der Waals surface area contributed by atoms with E-state index in [9.17, 15) is 0 Å². The van der Waals surface area contributed by atoms with Crippen LogP contribution in [0.15, 0.2) is 36.5 Å². The fourth-order valence-corrected chi connectivity index (χ4v) is 1.94. The van der Waals surface area contributed by atoms with Crippen molar-refractivity contribution in [3.63, 3.8) is 0 Å². The van der Waals surface area contributed by atoms with E-state index in [4.69, 9.17) is 28.9 Å². The van der Waals surface area contributed by atoms with Gasteiger partial charge in [0, 0.05) is 25.0 Å². The van der Waals surface area contributed by atoms with Gasteiger partial charge in [-0.2, -0.15) is 0 Å². The Morgan fingerprint density at radius 2 is 1.94 bits per heavy atom. The highest BCUT2D eigenvalue weighted by Crippen LogP contribution is 2.23. The summed E-state index contributed by atoms with van der Waals surface area (Å²) in [5, 5.41) is 1.16. The zero-order valence-corrected chi connectivity index (χ0v) is 10.2. The van der Waals surface area contributed by atoms with Gasteiger partial charge in [0.25, 0.3) is 0 Å². The van der Waals surface area contributed by atoms with Gasteiger partial charge >= 0.3 is 0 Å². The SMILES string of the molecule is NCc1cccn1Cc1ccc(Cl)c(Cl)c1. The van der Waals surface area contributed by atoms with Crippen molar-refractivity contribution in [1.29, 1.82) is 0 Å². The molecule has 0 aliphatic rings. The molecule has 0 fully saturated rings. The third-order valence-electron chi connectivity index (χ3n) is 2.47. The normalized spacial score (nSPS) is 10.7. The third-order valence-corrected chi connectivity index (χ3v) is 3.21. The molecule has 0 aliphatic heterocycles. The fourth-order valence-electron chi connectivity index (χ4n) is 1.62. The van der Waals surface area contributed by atoms with E-state index in [0.29, 0.717) is 16.6 Å². The van der Waals surface area contributed by atoms with E-state index < -0.39 is 0 Å². The van der Waals surface area contributed by atoms with Crippen molar-refractivity contribution in [3.8, 4) is 0 Å². The van der Waals surface area contributed by atoms with Crippen LogP contribution in [-0.2, 0) is 13.1 Å². The van der Waals surface area contributed by atoms with E-state index in [2.05, 4.69) is 4.57 Å². The van der Waals surface area contributed by atoms with Crippen LogP contribution in [0.5, 0.6) is 0 Å². The second kappa shape index (κ2) is 4.91. The molecular weight excluding hydrogens is 243 g/mol. The highest BCUT2D eigenvalue weighted by molar-refractivity contribution is 6.42. The smallest absolute Gasteiger partial charge is 0.0595 e. The minimum Gasteiger partial charge on any atom is -0.346 e. The topological polar surface area (TPSA) is 30.9 Å². The standard InChI is InChI=1S/C12H12Cl2N2/c13-11-4-3-9(6-12(11)14)8-16-5-1-2-10(16)7-15/h1-6H,7-8,15H2. The van der Waals surface area contributed by atoms with E-state index in [-0.39, 0.29) is 0 Å². The molecule has 16 heavy (non-hydrogen) atoms. The average Bonchev–Trinajstić information content (AvgIpc) is 2.71. The zero-order valence-electron chi connectivity index (χ0n) is 8.66. The number of nitrogens with zero attached hydrogens (tertiary/aromatic N) is 1. The highest BCUT2D eigenvalue weighted by atomic mass is 35.5. The van der Waals surface area contributed by atoms with Crippen molar-refractivity contribution in [1.82, 2.24) is 4.57 Å². The Bertz CT molecular complexity index is 492. The molecule has 2 rings (SSSR count). The summed E-state index contributed by atoms with van der Waals surface area (Å²) < 4.78 is 2.10. The Balaban J connectivity index is 2.24. The summed E-state index contributed by atoms with van der Waals surface area (Å²) in [4.78, 5) is 0. The first-order valence-corrected chi connectivity index (χ1v) is 5.74. The van der Waals surface area contributed by atoms with Gasteiger partial charge < -0.3 is 10.3 Å². The largest absolute Gasteiger partial charge is 0.346 e. The van der Waals surface area contributed by atoms with Gasteiger partial charge in [0.05, 0.1) is 10.0 Å². The summed E-state index contributed by atoms with van der Waals surface area (Å²) in [7, 11) is 0. The fraction of sp³-hybridized carbons (Fsp3) is 0.167. The van der Waals surface area contributed by atoms with Gasteiger partial charge in [-0.15, -0.1) is 0 Å². The Labute approximate surface area is 105 Å². The summed E-state index contributed by atoms with van der Waals surface area (Å²) >= 11 is 11.8. The van der Waals surface area contributed by atoms with Gasteiger partial charge in [-0.05, 0) is 29.8 Å². The van der Waals surface area contributed by atoms with Crippen LogP contribution in [0.4, 0.5) is 0 Å². The second-order valence-electron chi connectivity index (χ2n) is 3.58. The summed E-state index contributed by atoms with van der Waals surface area (Å²) in [6.45, 7) is 1.30.